The number of aromatic nitrogens is 2. The Bertz CT molecular complexity index is 1240. The largest absolute Gasteiger partial charge is 0.322 e. The van der Waals surface area contributed by atoms with Crippen molar-refractivity contribution < 1.29 is 22.0 Å². The van der Waals surface area contributed by atoms with Crippen molar-refractivity contribution in [2.24, 2.45) is 0 Å². The molecule has 1 amide bonds. The first-order chi connectivity index (χ1) is 13.7. The Morgan fingerprint density at radius 2 is 1.76 bits per heavy atom. The van der Waals surface area contributed by atoms with Gasteiger partial charge in [-0.3, -0.25) is 9.59 Å². The molecule has 1 heterocycles. The zero-order valence-corrected chi connectivity index (χ0v) is 16.0. The molecule has 11 heteroatoms. The van der Waals surface area contributed by atoms with E-state index < -0.39 is 50.2 Å². The zero-order valence-electron chi connectivity index (χ0n) is 14.5. The number of carbonyl (C=O) groups is 1. The number of amides is 1. The molecule has 0 atom stereocenters. The molecule has 0 saturated heterocycles. The predicted molar refractivity (Wildman–Crippen MR) is 100 cm³/mol. The number of hydrogen-bond acceptors (Lipinski definition) is 5. The standard InChI is InChI=1S/C18H12ClF2N3O4S/c19-11-1-4-13(5-2-11)29(27,28)17-7-8-18(26)24(23-17)10-16(25)22-15-9-12(20)3-6-14(15)21/h1-9H,10H2,(H,22,25). The highest BCUT2D eigenvalue weighted by molar-refractivity contribution is 7.91. The summed E-state index contributed by atoms with van der Waals surface area (Å²) in [5.74, 6) is -2.54. The fourth-order valence-electron chi connectivity index (χ4n) is 2.34. The fraction of sp³-hybridized carbons (Fsp3) is 0.0556. The number of hydrogen-bond donors (Lipinski definition) is 1. The van der Waals surface area contributed by atoms with Crippen molar-refractivity contribution in [3.63, 3.8) is 0 Å². The highest BCUT2D eigenvalue weighted by Crippen LogP contribution is 2.20. The zero-order chi connectivity index (χ0) is 21.2. The van der Waals surface area contributed by atoms with Crippen molar-refractivity contribution in [2.45, 2.75) is 16.5 Å². The maximum absolute atomic E-state index is 13.6. The van der Waals surface area contributed by atoms with Gasteiger partial charge in [-0.2, -0.15) is 5.10 Å². The molecule has 0 spiro atoms. The summed E-state index contributed by atoms with van der Waals surface area (Å²) in [5, 5.41) is 5.69. The lowest BCUT2D eigenvalue weighted by atomic mass is 10.3. The Labute approximate surface area is 168 Å². The van der Waals surface area contributed by atoms with E-state index in [9.17, 15) is 26.8 Å². The first kappa shape index (κ1) is 20.6. The van der Waals surface area contributed by atoms with E-state index in [0.29, 0.717) is 9.70 Å². The third-order valence-corrected chi connectivity index (χ3v) is 5.65. The van der Waals surface area contributed by atoms with Gasteiger partial charge in [0.15, 0.2) is 5.03 Å². The highest BCUT2D eigenvalue weighted by Gasteiger charge is 2.21. The van der Waals surface area contributed by atoms with Crippen molar-refractivity contribution in [2.75, 3.05) is 5.32 Å². The van der Waals surface area contributed by atoms with Gasteiger partial charge >= 0.3 is 0 Å². The minimum Gasteiger partial charge on any atom is -0.322 e. The summed E-state index contributed by atoms with van der Waals surface area (Å²) < 4.78 is 52.7. The number of anilines is 1. The lowest BCUT2D eigenvalue weighted by Crippen LogP contribution is -2.30. The molecule has 0 aliphatic rings. The summed E-state index contributed by atoms with van der Waals surface area (Å²) in [7, 11) is -4.07. The van der Waals surface area contributed by atoms with Crippen molar-refractivity contribution in [1.82, 2.24) is 9.78 Å². The Hall–Kier alpha value is -3.11. The predicted octanol–water partition coefficient (Wildman–Crippen LogP) is 2.65. The number of benzene rings is 2. The number of rotatable bonds is 5. The van der Waals surface area contributed by atoms with E-state index in [-0.39, 0.29) is 4.90 Å². The average Bonchev–Trinajstić information content (AvgIpc) is 2.66. The summed E-state index contributed by atoms with van der Waals surface area (Å²) in [6, 6.07) is 9.72. The van der Waals surface area contributed by atoms with Gasteiger partial charge in [-0.15, -0.1) is 0 Å². The molecule has 0 fully saturated rings. The molecule has 0 aliphatic carbocycles. The first-order valence-corrected chi connectivity index (χ1v) is 9.86. The van der Waals surface area contributed by atoms with Gasteiger partial charge in [0.2, 0.25) is 15.7 Å². The topological polar surface area (TPSA) is 98.1 Å². The summed E-state index contributed by atoms with van der Waals surface area (Å²) in [5.41, 5.74) is -1.18. The molecule has 3 rings (SSSR count). The van der Waals surface area contributed by atoms with Crippen LogP contribution in [0.3, 0.4) is 0 Å². The molecular formula is C18H12ClF2N3O4S. The van der Waals surface area contributed by atoms with Gasteiger partial charge in [0, 0.05) is 17.2 Å². The summed E-state index contributed by atoms with van der Waals surface area (Å²) in [6.07, 6.45) is 0. The molecule has 0 radical (unpaired) electrons. The molecule has 3 aromatic rings. The quantitative estimate of drug-likeness (QED) is 0.659. The second-order valence-corrected chi connectivity index (χ2v) is 8.13. The van der Waals surface area contributed by atoms with Crippen LogP contribution in [0, 0.1) is 11.6 Å². The van der Waals surface area contributed by atoms with Crippen LogP contribution in [-0.2, 0) is 21.2 Å². The van der Waals surface area contributed by atoms with Crippen LogP contribution in [-0.4, -0.2) is 24.1 Å². The smallest absolute Gasteiger partial charge is 0.267 e. The minimum atomic E-state index is -4.07. The van der Waals surface area contributed by atoms with Gasteiger partial charge in [0.05, 0.1) is 10.6 Å². The van der Waals surface area contributed by atoms with E-state index in [1.54, 1.807) is 0 Å². The van der Waals surface area contributed by atoms with E-state index in [4.69, 9.17) is 11.6 Å². The van der Waals surface area contributed by atoms with E-state index in [1.807, 2.05) is 0 Å². The molecule has 0 saturated carbocycles. The van der Waals surface area contributed by atoms with Crippen LogP contribution in [0.25, 0.3) is 0 Å². The average molecular weight is 440 g/mol. The van der Waals surface area contributed by atoms with Crippen molar-refractivity contribution in [3.8, 4) is 0 Å². The molecule has 150 valence electrons. The highest BCUT2D eigenvalue weighted by atomic mass is 35.5. The number of nitrogens with one attached hydrogen (secondary N) is 1. The summed E-state index contributed by atoms with van der Waals surface area (Å²) in [6.45, 7) is -0.710. The van der Waals surface area contributed by atoms with Crippen LogP contribution in [0.4, 0.5) is 14.5 Å². The number of carbonyl (C=O) groups excluding carboxylic acids is 1. The van der Waals surface area contributed by atoms with E-state index in [2.05, 4.69) is 10.4 Å². The molecule has 0 bridgehead atoms. The van der Waals surface area contributed by atoms with Crippen LogP contribution in [0.1, 0.15) is 0 Å². The van der Waals surface area contributed by atoms with Crippen LogP contribution in [0.5, 0.6) is 0 Å². The molecule has 1 aromatic heterocycles. The lowest BCUT2D eigenvalue weighted by Gasteiger charge is -2.09. The van der Waals surface area contributed by atoms with Crippen LogP contribution < -0.4 is 10.9 Å². The third-order valence-electron chi connectivity index (χ3n) is 3.74. The van der Waals surface area contributed by atoms with Crippen molar-refractivity contribution in [3.05, 3.63) is 81.6 Å². The monoisotopic (exact) mass is 439 g/mol. The molecule has 1 N–H and O–H groups in total. The van der Waals surface area contributed by atoms with Gasteiger partial charge in [-0.1, -0.05) is 11.6 Å². The minimum absolute atomic E-state index is 0.106. The van der Waals surface area contributed by atoms with Gasteiger partial charge in [0.1, 0.15) is 18.2 Å². The Morgan fingerprint density at radius 1 is 1.07 bits per heavy atom. The van der Waals surface area contributed by atoms with Gasteiger partial charge in [-0.25, -0.2) is 21.9 Å². The fourth-order valence-corrected chi connectivity index (χ4v) is 3.66. The Kier molecular flexibility index (Phi) is 5.76. The second-order valence-electron chi connectivity index (χ2n) is 5.80. The van der Waals surface area contributed by atoms with E-state index in [0.717, 1.165) is 30.3 Å². The Morgan fingerprint density at radius 3 is 2.45 bits per heavy atom. The maximum Gasteiger partial charge on any atom is 0.267 e. The first-order valence-electron chi connectivity index (χ1n) is 8.00. The Balaban J connectivity index is 1.87. The molecule has 29 heavy (non-hydrogen) atoms. The van der Waals surface area contributed by atoms with Gasteiger partial charge in [-0.05, 0) is 42.5 Å². The van der Waals surface area contributed by atoms with E-state index in [1.165, 1.54) is 24.3 Å². The van der Waals surface area contributed by atoms with Gasteiger partial charge < -0.3 is 5.32 Å². The van der Waals surface area contributed by atoms with Gasteiger partial charge in [0.25, 0.3) is 5.56 Å². The third kappa shape index (κ3) is 4.66. The van der Waals surface area contributed by atoms with E-state index >= 15 is 0 Å². The van der Waals surface area contributed by atoms with Crippen LogP contribution in [0.2, 0.25) is 5.02 Å². The maximum atomic E-state index is 13.6. The molecule has 0 aliphatic heterocycles. The van der Waals surface area contributed by atoms with Crippen molar-refractivity contribution >= 4 is 33.0 Å². The van der Waals surface area contributed by atoms with Crippen molar-refractivity contribution in [1.29, 1.82) is 0 Å². The second kappa shape index (κ2) is 8.10. The molecule has 0 unspecified atom stereocenters. The number of halogens is 3. The molecular weight excluding hydrogens is 428 g/mol. The number of nitrogens with zero attached hydrogens (tertiary/aromatic N) is 2. The summed E-state index contributed by atoms with van der Waals surface area (Å²) >= 11 is 5.75. The number of sulfone groups is 1. The lowest BCUT2D eigenvalue weighted by molar-refractivity contribution is -0.117. The van der Waals surface area contributed by atoms with Crippen LogP contribution >= 0.6 is 11.6 Å². The summed E-state index contributed by atoms with van der Waals surface area (Å²) in [4.78, 5) is 24.0. The molecule has 7 nitrogen and oxygen atoms in total. The molecule has 2 aromatic carbocycles. The normalized spacial score (nSPS) is 11.3. The SMILES string of the molecule is O=C(Cn1nc(S(=O)(=O)c2ccc(Cl)cc2)ccc1=O)Nc1cc(F)ccc1F. The van der Waals surface area contributed by atoms with Crippen LogP contribution in [0.15, 0.2) is 69.3 Å².